The van der Waals surface area contributed by atoms with Crippen LogP contribution in [0.5, 0.6) is 0 Å². The van der Waals surface area contributed by atoms with Crippen LogP contribution in [-0.2, 0) is 0 Å². The van der Waals surface area contributed by atoms with E-state index >= 15 is 0 Å². The first-order chi connectivity index (χ1) is 23.8. The van der Waals surface area contributed by atoms with Crippen LogP contribution in [0.3, 0.4) is 0 Å². The third kappa shape index (κ3) is 4.27. The molecule has 10 aromatic rings. The average molecular weight is 612 g/mol. The van der Waals surface area contributed by atoms with E-state index in [2.05, 4.69) is 169 Å². The van der Waals surface area contributed by atoms with E-state index in [1.165, 1.54) is 54.2 Å². The van der Waals surface area contributed by atoms with Crippen molar-refractivity contribution in [3.63, 3.8) is 0 Å². The highest BCUT2D eigenvalue weighted by atomic mass is 16.3. The largest absolute Gasteiger partial charge is 0.456 e. The van der Waals surface area contributed by atoms with Gasteiger partial charge in [-0.15, -0.1) is 0 Å². The van der Waals surface area contributed by atoms with Crippen molar-refractivity contribution >= 4 is 82.1 Å². The molecule has 0 fully saturated rings. The van der Waals surface area contributed by atoms with Crippen LogP contribution in [0.1, 0.15) is 0 Å². The first kappa shape index (κ1) is 26.8. The predicted octanol–water partition coefficient (Wildman–Crippen LogP) is 13.3. The lowest BCUT2D eigenvalue weighted by atomic mass is 9.95. The molecule has 0 spiro atoms. The first-order valence-electron chi connectivity index (χ1n) is 16.4. The van der Waals surface area contributed by atoms with Gasteiger partial charge in [-0.25, -0.2) is 0 Å². The third-order valence-corrected chi connectivity index (χ3v) is 9.78. The van der Waals surface area contributed by atoms with Gasteiger partial charge in [0.15, 0.2) is 0 Å². The maximum Gasteiger partial charge on any atom is 0.136 e. The quantitative estimate of drug-likeness (QED) is 0.184. The first-order valence-corrected chi connectivity index (χ1v) is 16.4. The van der Waals surface area contributed by atoms with E-state index in [-0.39, 0.29) is 0 Å². The van der Waals surface area contributed by atoms with Crippen molar-refractivity contribution < 1.29 is 4.42 Å². The zero-order chi connectivity index (χ0) is 31.6. The maximum atomic E-state index is 6.33. The zero-order valence-electron chi connectivity index (χ0n) is 26.1. The molecule has 1 aromatic heterocycles. The number of hydrogen-bond acceptors (Lipinski definition) is 2. The number of anilines is 3. The lowest BCUT2D eigenvalue weighted by molar-refractivity contribution is 0.669. The molecule has 48 heavy (non-hydrogen) atoms. The lowest BCUT2D eigenvalue weighted by Gasteiger charge is -2.26. The number of para-hydroxylation sites is 1. The summed E-state index contributed by atoms with van der Waals surface area (Å²) < 4.78 is 6.33. The summed E-state index contributed by atoms with van der Waals surface area (Å²) in [5.41, 5.74) is 7.61. The fraction of sp³-hybridized carbons (Fsp3) is 0. The van der Waals surface area contributed by atoms with E-state index in [4.69, 9.17) is 4.42 Å². The number of nitrogens with zero attached hydrogens (tertiary/aromatic N) is 1. The zero-order valence-corrected chi connectivity index (χ0v) is 26.1. The molecule has 0 amide bonds. The van der Waals surface area contributed by atoms with E-state index in [1.807, 2.05) is 12.1 Å². The van der Waals surface area contributed by atoms with Gasteiger partial charge < -0.3 is 9.32 Å². The second-order valence-electron chi connectivity index (χ2n) is 12.6. The molecule has 9 aromatic carbocycles. The van der Waals surface area contributed by atoms with Gasteiger partial charge in [0, 0.05) is 27.8 Å². The van der Waals surface area contributed by atoms with E-state index in [9.17, 15) is 0 Å². The Hall–Kier alpha value is -6.38. The van der Waals surface area contributed by atoms with E-state index in [0.29, 0.717) is 0 Å². The Labute approximate surface area is 277 Å². The Morgan fingerprint density at radius 2 is 0.917 bits per heavy atom. The summed E-state index contributed by atoms with van der Waals surface area (Å²) in [7, 11) is 0. The molecule has 0 aliphatic heterocycles. The molecule has 0 saturated heterocycles. The minimum atomic E-state index is 0.922. The van der Waals surface area contributed by atoms with Gasteiger partial charge in [-0.05, 0) is 109 Å². The summed E-state index contributed by atoms with van der Waals surface area (Å²) in [6.45, 7) is 0. The standard InChI is InChI=1S/C46H29NO/c1-2-8-30(9-3-1)32-18-21-37(22-19-32)47(38-23-20-31-10-4-5-11-34(31)26-38)39-24-25-40-35(27-39)16-14-33-15-17-36-28-43-41-12-6-7-13-44(41)48-45(43)29-42(36)46(33)40/h1-29H. The fourth-order valence-corrected chi connectivity index (χ4v) is 7.43. The van der Waals surface area contributed by atoms with Gasteiger partial charge in [0.1, 0.15) is 11.2 Å². The van der Waals surface area contributed by atoms with Crippen LogP contribution < -0.4 is 4.90 Å². The molecule has 2 heteroatoms. The number of furan rings is 1. The lowest BCUT2D eigenvalue weighted by Crippen LogP contribution is -2.10. The summed E-state index contributed by atoms with van der Waals surface area (Å²) in [5.74, 6) is 0. The Morgan fingerprint density at radius 3 is 1.75 bits per heavy atom. The molecule has 0 bridgehead atoms. The van der Waals surface area contributed by atoms with Crippen LogP contribution in [0.25, 0.3) is 76.2 Å². The molecule has 0 aliphatic rings. The van der Waals surface area contributed by atoms with Crippen molar-refractivity contribution in [3.8, 4) is 11.1 Å². The molecule has 2 nitrogen and oxygen atoms in total. The highest BCUT2D eigenvalue weighted by Gasteiger charge is 2.16. The minimum Gasteiger partial charge on any atom is -0.456 e. The topological polar surface area (TPSA) is 16.4 Å². The summed E-state index contributed by atoms with van der Waals surface area (Å²) in [6.07, 6.45) is 0. The number of benzene rings is 9. The highest BCUT2D eigenvalue weighted by molar-refractivity contribution is 6.23. The van der Waals surface area contributed by atoms with Gasteiger partial charge in [0.2, 0.25) is 0 Å². The minimum absolute atomic E-state index is 0.922. The van der Waals surface area contributed by atoms with Crippen molar-refractivity contribution in [2.45, 2.75) is 0 Å². The van der Waals surface area contributed by atoms with Gasteiger partial charge in [0.05, 0.1) is 0 Å². The van der Waals surface area contributed by atoms with Gasteiger partial charge in [0.25, 0.3) is 0 Å². The second-order valence-corrected chi connectivity index (χ2v) is 12.6. The van der Waals surface area contributed by atoms with Gasteiger partial charge in [-0.2, -0.15) is 0 Å². The summed E-state index contributed by atoms with van der Waals surface area (Å²) >= 11 is 0. The van der Waals surface area contributed by atoms with Crippen LogP contribution in [0.15, 0.2) is 180 Å². The molecule has 1 heterocycles. The molecule has 0 aliphatic carbocycles. The molecule has 0 saturated carbocycles. The normalized spacial score (nSPS) is 11.8. The third-order valence-electron chi connectivity index (χ3n) is 9.78. The average Bonchev–Trinajstić information content (AvgIpc) is 3.52. The monoisotopic (exact) mass is 611 g/mol. The Bertz CT molecular complexity index is 2830. The van der Waals surface area contributed by atoms with Crippen LogP contribution in [0.4, 0.5) is 17.1 Å². The molecule has 224 valence electrons. The van der Waals surface area contributed by atoms with Gasteiger partial charge >= 0.3 is 0 Å². The summed E-state index contributed by atoms with van der Waals surface area (Å²) in [4.78, 5) is 2.37. The maximum absolute atomic E-state index is 6.33. The molecular formula is C46H29NO. The van der Waals surface area contributed by atoms with Crippen molar-refractivity contribution in [2.75, 3.05) is 4.90 Å². The predicted molar refractivity (Wildman–Crippen MR) is 204 cm³/mol. The van der Waals surface area contributed by atoms with Crippen LogP contribution in [0.2, 0.25) is 0 Å². The summed E-state index contributed by atoms with van der Waals surface area (Å²) in [6, 6.07) is 63.4. The van der Waals surface area contributed by atoms with Crippen molar-refractivity contribution in [3.05, 3.63) is 176 Å². The van der Waals surface area contributed by atoms with Crippen molar-refractivity contribution in [2.24, 2.45) is 0 Å². The highest BCUT2D eigenvalue weighted by Crippen LogP contribution is 2.41. The smallest absolute Gasteiger partial charge is 0.136 e. The number of hydrogen-bond donors (Lipinski definition) is 0. The fourth-order valence-electron chi connectivity index (χ4n) is 7.43. The number of rotatable bonds is 4. The summed E-state index contributed by atoms with van der Waals surface area (Å²) in [5, 5.41) is 12.1. The second kappa shape index (κ2) is 10.6. The Kier molecular flexibility index (Phi) is 5.91. The molecular weight excluding hydrogens is 583 g/mol. The van der Waals surface area contributed by atoms with E-state index in [0.717, 1.165) is 39.0 Å². The Balaban J connectivity index is 1.16. The van der Waals surface area contributed by atoms with Crippen LogP contribution in [0, 0.1) is 0 Å². The molecule has 0 N–H and O–H groups in total. The van der Waals surface area contributed by atoms with E-state index < -0.39 is 0 Å². The molecule has 0 unspecified atom stereocenters. The molecule has 10 rings (SSSR count). The number of fused-ring (bicyclic) bond motifs is 9. The molecule has 0 radical (unpaired) electrons. The molecule has 0 atom stereocenters. The van der Waals surface area contributed by atoms with Gasteiger partial charge in [-0.3, -0.25) is 0 Å². The van der Waals surface area contributed by atoms with Crippen molar-refractivity contribution in [1.29, 1.82) is 0 Å². The van der Waals surface area contributed by atoms with Crippen LogP contribution >= 0.6 is 0 Å². The van der Waals surface area contributed by atoms with Gasteiger partial charge in [-0.1, -0.05) is 121 Å². The SMILES string of the molecule is c1ccc(-c2ccc(N(c3ccc4ccccc4c3)c3ccc4c(ccc5ccc6cc7c(cc6c54)oc4ccccc47)c3)cc2)cc1. The van der Waals surface area contributed by atoms with Crippen molar-refractivity contribution in [1.82, 2.24) is 0 Å². The van der Waals surface area contributed by atoms with Crippen LogP contribution in [-0.4, -0.2) is 0 Å². The Morgan fingerprint density at radius 1 is 0.312 bits per heavy atom. The van der Waals surface area contributed by atoms with E-state index in [1.54, 1.807) is 0 Å².